The van der Waals surface area contributed by atoms with Crippen LogP contribution in [0, 0.1) is 0 Å². The number of benzene rings is 2. The van der Waals surface area contributed by atoms with E-state index in [0.29, 0.717) is 36.8 Å². The molecule has 26 heavy (non-hydrogen) atoms. The van der Waals surface area contributed by atoms with Crippen LogP contribution in [0.4, 0.5) is 0 Å². The first kappa shape index (κ1) is 16.9. The number of nitrogens with one attached hydrogen (secondary N) is 1. The van der Waals surface area contributed by atoms with Crippen molar-refractivity contribution in [2.24, 2.45) is 0 Å². The molecule has 136 valence electrons. The van der Waals surface area contributed by atoms with Gasteiger partial charge in [-0.2, -0.15) is 0 Å². The average Bonchev–Trinajstić information content (AvgIpc) is 2.73. The van der Waals surface area contributed by atoms with Crippen molar-refractivity contribution in [3.05, 3.63) is 59.7 Å². The van der Waals surface area contributed by atoms with Crippen LogP contribution in [0.3, 0.4) is 0 Å². The minimum Gasteiger partial charge on any atom is -0.486 e. The maximum atomic E-state index is 12.7. The molecule has 2 aliphatic heterocycles. The molecule has 4 rings (SSSR count). The van der Waals surface area contributed by atoms with Crippen LogP contribution < -0.4 is 14.8 Å². The van der Waals surface area contributed by atoms with E-state index in [1.165, 1.54) is 5.56 Å². The zero-order chi connectivity index (χ0) is 17.8. The van der Waals surface area contributed by atoms with Crippen LogP contribution in [-0.4, -0.2) is 38.9 Å². The van der Waals surface area contributed by atoms with Crippen molar-refractivity contribution in [2.75, 3.05) is 33.0 Å². The van der Waals surface area contributed by atoms with Crippen molar-refractivity contribution in [1.82, 2.24) is 5.32 Å². The second kappa shape index (κ2) is 7.38. The highest BCUT2D eigenvalue weighted by atomic mass is 16.6. The van der Waals surface area contributed by atoms with Gasteiger partial charge < -0.3 is 19.5 Å². The molecule has 1 N–H and O–H groups in total. The molecule has 2 aromatic rings. The first-order valence-corrected chi connectivity index (χ1v) is 9.08. The average molecular weight is 353 g/mol. The summed E-state index contributed by atoms with van der Waals surface area (Å²) in [5, 5.41) is 3.12. The summed E-state index contributed by atoms with van der Waals surface area (Å²) in [5.74, 6) is 1.23. The van der Waals surface area contributed by atoms with Gasteiger partial charge in [0.05, 0.1) is 0 Å². The second-order valence-corrected chi connectivity index (χ2v) is 6.80. The lowest BCUT2D eigenvalue weighted by Gasteiger charge is -2.38. The Morgan fingerprint density at radius 2 is 1.65 bits per heavy atom. The molecule has 1 amide bonds. The van der Waals surface area contributed by atoms with Crippen molar-refractivity contribution in [1.29, 1.82) is 0 Å². The number of hydrogen-bond donors (Lipinski definition) is 1. The fourth-order valence-electron chi connectivity index (χ4n) is 3.66. The molecule has 0 spiro atoms. The molecular weight excluding hydrogens is 330 g/mol. The molecule has 5 heteroatoms. The Bertz CT molecular complexity index is 769. The minimum atomic E-state index is -0.0937. The molecule has 0 aromatic heterocycles. The first-order chi connectivity index (χ1) is 12.8. The predicted molar refractivity (Wildman–Crippen MR) is 97.9 cm³/mol. The van der Waals surface area contributed by atoms with Gasteiger partial charge in [0, 0.05) is 30.7 Å². The fraction of sp³-hybridized carbons (Fsp3) is 0.381. The maximum Gasteiger partial charge on any atom is 0.251 e. The smallest absolute Gasteiger partial charge is 0.251 e. The van der Waals surface area contributed by atoms with Crippen LogP contribution in [0.2, 0.25) is 0 Å². The zero-order valence-electron chi connectivity index (χ0n) is 14.7. The van der Waals surface area contributed by atoms with E-state index in [1.54, 1.807) is 18.2 Å². The molecule has 5 nitrogen and oxygen atoms in total. The normalized spacial score (nSPS) is 18.2. The molecule has 1 fully saturated rings. The maximum absolute atomic E-state index is 12.7. The highest BCUT2D eigenvalue weighted by molar-refractivity contribution is 5.95. The van der Waals surface area contributed by atoms with E-state index in [4.69, 9.17) is 14.2 Å². The van der Waals surface area contributed by atoms with E-state index >= 15 is 0 Å². The number of ether oxygens (including phenoxy) is 3. The van der Waals surface area contributed by atoms with Gasteiger partial charge in [-0.15, -0.1) is 0 Å². The third-order valence-electron chi connectivity index (χ3n) is 5.23. The summed E-state index contributed by atoms with van der Waals surface area (Å²) in [7, 11) is 0. The predicted octanol–water partition coefficient (Wildman–Crippen LogP) is 2.94. The van der Waals surface area contributed by atoms with Crippen LogP contribution in [0.15, 0.2) is 48.5 Å². The van der Waals surface area contributed by atoms with Gasteiger partial charge in [-0.25, -0.2) is 0 Å². The molecule has 2 aliphatic rings. The lowest BCUT2D eigenvalue weighted by molar-refractivity contribution is 0.0487. The van der Waals surface area contributed by atoms with Gasteiger partial charge in [0.2, 0.25) is 0 Å². The summed E-state index contributed by atoms with van der Waals surface area (Å²) in [4.78, 5) is 12.7. The van der Waals surface area contributed by atoms with Gasteiger partial charge in [0.1, 0.15) is 13.2 Å². The van der Waals surface area contributed by atoms with E-state index in [-0.39, 0.29) is 11.3 Å². The largest absolute Gasteiger partial charge is 0.486 e. The Balaban J connectivity index is 1.50. The van der Waals surface area contributed by atoms with E-state index in [0.717, 1.165) is 26.1 Å². The van der Waals surface area contributed by atoms with E-state index in [1.807, 2.05) is 6.07 Å². The highest BCUT2D eigenvalue weighted by Gasteiger charge is 2.34. The Hall–Kier alpha value is -2.53. The van der Waals surface area contributed by atoms with Gasteiger partial charge in [0.15, 0.2) is 11.5 Å². The third-order valence-corrected chi connectivity index (χ3v) is 5.23. The number of carbonyl (C=O) groups excluding carboxylic acids is 1. The lowest BCUT2D eigenvalue weighted by Crippen LogP contribution is -2.44. The fourth-order valence-corrected chi connectivity index (χ4v) is 3.66. The van der Waals surface area contributed by atoms with E-state index in [9.17, 15) is 4.79 Å². The Morgan fingerprint density at radius 3 is 2.42 bits per heavy atom. The van der Waals surface area contributed by atoms with Crippen LogP contribution in [0.1, 0.15) is 28.8 Å². The van der Waals surface area contributed by atoms with Crippen molar-refractivity contribution in [3.8, 4) is 11.5 Å². The van der Waals surface area contributed by atoms with Crippen molar-refractivity contribution in [3.63, 3.8) is 0 Å². The summed E-state index contributed by atoms with van der Waals surface area (Å²) in [6.45, 7) is 3.08. The van der Waals surface area contributed by atoms with Gasteiger partial charge in [-0.3, -0.25) is 4.79 Å². The van der Waals surface area contributed by atoms with E-state index < -0.39 is 0 Å². The monoisotopic (exact) mass is 353 g/mol. The highest BCUT2D eigenvalue weighted by Crippen LogP contribution is 2.34. The summed E-state index contributed by atoms with van der Waals surface area (Å²) < 4.78 is 16.6. The van der Waals surface area contributed by atoms with E-state index in [2.05, 4.69) is 29.6 Å². The molecule has 2 heterocycles. The Kier molecular flexibility index (Phi) is 4.80. The molecule has 1 saturated heterocycles. The van der Waals surface area contributed by atoms with Crippen molar-refractivity contribution in [2.45, 2.75) is 18.3 Å². The number of carbonyl (C=O) groups is 1. The number of fused-ring (bicyclic) bond motifs is 1. The van der Waals surface area contributed by atoms with Gasteiger partial charge in [0.25, 0.3) is 5.91 Å². The Morgan fingerprint density at radius 1 is 0.923 bits per heavy atom. The SMILES string of the molecule is O=C(NCC1(c2ccccc2)CCOCC1)c1ccc2c(c1)OCCO2. The number of rotatable bonds is 4. The molecule has 2 aromatic carbocycles. The Labute approximate surface area is 153 Å². The molecule has 0 aliphatic carbocycles. The second-order valence-electron chi connectivity index (χ2n) is 6.80. The van der Waals surface area contributed by atoms with Gasteiger partial charge in [-0.1, -0.05) is 30.3 Å². The topological polar surface area (TPSA) is 56.8 Å². The first-order valence-electron chi connectivity index (χ1n) is 9.08. The summed E-state index contributed by atoms with van der Waals surface area (Å²) in [6.07, 6.45) is 1.80. The third kappa shape index (κ3) is 3.40. The molecule has 0 atom stereocenters. The molecule has 0 radical (unpaired) electrons. The van der Waals surface area contributed by atoms with Gasteiger partial charge in [-0.05, 0) is 36.6 Å². The van der Waals surface area contributed by atoms with Crippen molar-refractivity contribution < 1.29 is 19.0 Å². The molecule has 0 unspecified atom stereocenters. The zero-order valence-corrected chi connectivity index (χ0v) is 14.7. The lowest BCUT2D eigenvalue weighted by atomic mass is 9.74. The molecule has 0 saturated carbocycles. The standard InChI is InChI=1S/C21H23NO4/c23-20(16-6-7-18-19(14-16)26-13-12-25-18)22-15-21(8-10-24-11-9-21)17-4-2-1-3-5-17/h1-7,14H,8-13,15H2,(H,22,23). The number of amides is 1. The van der Waals surface area contributed by atoms with Gasteiger partial charge >= 0.3 is 0 Å². The summed E-state index contributed by atoms with van der Waals surface area (Å²) in [6, 6.07) is 15.7. The quantitative estimate of drug-likeness (QED) is 0.918. The minimum absolute atomic E-state index is 0.0804. The van der Waals surface area contributed by atoms with Crippen LogP contribution in [-0.2, 0) is 10.2 Å². The van der Waals surface area contributed by atoms with Crippen LogP contribution in [0.5, 0.6) is 11.5 Å². The van der Waals surface area contributed by atoms with Crippen LogP contribution in [0.25, 0.3) is 0 Å². The molecule has 0 bridgehead atoms. The van der Waals surface area contributed by atoms with Crippen molar-refractivity contribution >= 4 is 5.91 Å². The number of hydrogen-bond acceptors (Lipinski definition) is 4. The molecular formula is C21H23NO4. The summed E-state index contributed by atoms with van der Waals surface area (Å²) >= 11 is 0. The van der Waals surface area contributed by atoms with Crippen LogP contribution >= 0.6 is 0 Å². The summed E-state index contributed by atoms with van der Waals surface area (Å²) in [5.41, 5.74) is 1.76.